The van der Waals surface area contributed by atoms with Gasteiger partial charge in [-0.3, -0.25) is 0 Å². The fraction of sp³-hybridized carbons (Fsp3) is 0.0909. The predicted octanol–water partition coefficient (Wildman–Crippen LogP) is 7.83. The number of aromatic nitrogens is 1. The van der Waals surface area contributed by atoms with E-state index in [-0.39, 0.29) is 0 Å². The smallest absolute Gasteiger partial charge is 0.0576 e. The highest BCUT2D eigenvalue weighted by atomic mass is 15.0. The molecule has 34 heavy (non-hydrogen) atoms. The van der Waals surface area contributed by atoms with Crippen molar-refractivity contribution in [1.82, 2.24) is 4.57 Å². The summed E-state index contributed by atoms with van der Waals surface area (Å²) in [7, 11) is 0. The Kier molecular flexibility index (Phi) is 3.00. The summed E-state index contributed by atoms with van der Waals surface area (Å²) in [4.78, 5) is 0. The first-order valence-electron chi connectivity index (χ1n) is 12.3. The van der Waals surface area contributed by atoms with Gasteiger partial charge >= 0.3 is 0 Å². The van der Waals surface area contributed by atoms with Crippen molar-refractivity contribution in [3.8, 4) is 27.9 Å². The van der Waals surface area contributed by atoms with Gasteiger partial charge in [0.1, 0.15) is 0 Å². The second kappa shape index (κ2) is 5.87. The number of para-hydroxylation sites is 2. The lowest BCUT2D eigenvalue weighted by atomic mass is 9.94. The first-order valence-corrected chi connectivity index (χ1v) is 12.3. The molecule has 158 valence electrons. The fourth-order valence-corrected chi connectivity index (χ4v) is 7.11. The normalized spacial score (nSPS) is 14.1. The maximum atomic E-state index is 2.53. The number of hydrogen-bond acceptors (Lipinski definition) is 0. The van der Waals surface area contributed by atoms with E-state index < -0.39 is 0 Å². The Labute approximate surface area is 197 Å². The van der Waals surface area contributed by atoms with Gasteiger partial charge in [-0.1, -0.05) is 78.9 Å². The van der Waals surface area contributed by atoms with Crippen molar-refractivity contribution in [2.24, 2.45) is 0 Å². The van der Waals surface area contributed by atoms with Crippen molar-refractivity contribution < 1.29 is 0 Å². The van der Waals surface area contributed by atoms with Gasteiger partial charge in [0.2, 0.25) is 0 Å². The van der Waals surface area contributed by atoms with E-state index in [1.807, 2.05) is 0 Å². The van der Waals surface area contributed by atoms with Crippen LogP contribution in [0, 0.1) is 0 Å². The van der Waals surface area contributed by atoms with Crippen LogP contribution in [0.25, 0.3) is 49.7 Å². The lowest BCUT2D eigenvalue weighted by Gasteiger charge is -2.20. The Bertz CT molecular complexity index is 1880. The molecule has 5 aromatic carbocycles. The number of fused-ring (bicyclic) bond motifs is 13. The van der Waals surface area contributed by atoms with Gasteiger partial charge in [-0.15, -0.1) is 0 Å². The van der Waals surface area contributed by atoms with Crippen LogP contribution in [0.2, 0.25) is 0 Å². The molecule has 2 heterocycles. The molecule has 6 aromatic rings. The van der Waals surface area contributed by atoms with E-state index in [4.69, 9.17) is 0 Å². The van der Waals surface area contributed by atoms with Gasteiger partial charge in [-0.25, -0.2) is 0 Å². The molecule has 2 aliphatic carbocycles. The molecule has 0 fully saturated rings. The summed E-state index contributed by atoms with van der Waals surface area (Å²) in [6.07, 6.45) is 3.10. The van der Waals surface area contributed by atoms with E-state index >= 15 is 0 Å². The van der Waals surface area contributed by atoms with Gasteiger partial charge in [0.15, 0.2) is 0 Å². The molecule has 0 unspecified atom stereocenters. The zero-order valence-corrected chi connectivity index (χ0v) is 18.7. The highest BCUT2D eigenvalue weighted by Gasteiger charge is 2.31. The first-order chi connectivity index (χ1) is 16.9. The van der Waals surface area contributed by atoms with Crippen LogP contribution in [-0.4, -0.2) is 4.57 Å². The van der Waals surface area contributed by atoms with Crippen molar-refractivity contribution >= 4 is 21.8 Å². The van der Waals surface area contributed by atoms with E-state index in [1.54, 1.807) is 0 Å². The molecule has 0 radical (unpaired) electrons. The second-order valence-corrected chi connectivity index (χ2v) is 10.1. The van der Waals surface area contributed by atoms with Gasteiger partial charge in [-0.05, 0) is 80.6 Å². The first kappa shape index (κ1) is 17.4. The van der Waals surface area contributed by atoms with E-state index in [1.165, 1.54) is 83.1 Å². The number of hydrogen-bond donors (Lipinski definition) is 0. The maximum Gasteiger partial charge on any atom is 0.0576 e. The molecule has 0 atom stereocenters. The number of rotatable bonds is 0. The molecular weight excluding hydrogens is 410 g/mol. The fourth-order valence-electron chi connectivity index (χ4n) is 7.11. The van der Waals surface area contributed by atoms with Gasteiger partial charge in [0.05, 0.1) is 11.0 Å². The Balaban J connectivity index is 1.42. The minimum absolute atomic E-state index is 1.01. The van der Waals surface area contributed by atoms with Crippen molar-refractivity contribution in [3.05, 3.63) is 124 Å². The zero-order valence-electron chi connectivity index (χ0n) is 18.7. The molecule has 3 aliphatic rings. The highest BCUT2D eigenvalue weighted by Crippen LogP contribution is 2.52. The summed E-state index contributed by atoms with van der Waals surface area (Å²) < 4.78 is 2.53. The van der Waals surface area contributed by atoms with Gasteiger partial charge in [0, 0.05) is 22.9 Å². The minimum atomic E-state index is 1.01. The lowest BCUT2D eigenvalue weighted by Crippen LogP contribution is -2.07. The van der Waals surface area contributed by atoms with Gasteiger partial charge in [0.25, 0.3) is 0 Å². The van der Waals surface area contributed by atoms with Crippen LogP contribution in [0.5, 0.6) is 0 Å². The highest BCUT2D eigenvalue weighted by molar-refractivity contribution is 6.19. The predicted molar refractivity (Wildman–Crippen MR) is 140 cm³/mol. The van der Waals surface area contributed by atoms with Crippen LogP contribution in [0.1, 0.15) is 33.4 Å². The minimum Gasteiger partial charge on any atom is -0.309 e. The second-order valence-electron chi connectivity index (χ2n) is 10.1. The van der Waals surface area contributed by atoms with Crippen LogP contribution < -0.4 is 0 Å². The Morgan fingerprint density at radius 1 is 0.500 bits per heavy atom. The molecule has 1 aromatic heterocycles. The molecule has 1 nitrogen and oxygen atoms in total. The van der Waals surface area contributed by atoms with Crippen LogP contribution in [0.3, 0.4) is 0 Å². The van der Waals surface area contributed by atoms with Gasteiger partial charge in [-0.2, -0.15) is 0 Å². The summed E-state index contributed by atoms with van der Waals surface area (Å²) in [5.74, 6) is 0. The van der Waals surface area contributed by atoms with Crippen LogP contribution in [-0.2, 0) is 19.3 Å². The topological polar surface area (TPSA) is 4.93 Å². The molecule has 0 amide bonds. The monoisotopic (exact) mass is 431 g/mol. The molecule has 9 rings (SSSR count). The molecule has 1 aliphatic heterocycles. The van der Waals surface area contributed by atoms with Crippen molar-refractivity contribution in [1.29, 1.82) is 0 Å². The van der Waals surface area contributed by atoms with E-state index in [0.717, 1.165) is 19.3 Å². The average molecular weight is 432 g/mol. The van der Waals surface area contributed by atoms with Gasteiger partial charge < -0.3 is 4.57 Å². The number of benzene rings is 5. The van der Waals surface area contributed by atoms with E-state index in [2.05, 4.69) is 95.6 Å². The standard InChI is InChI=1S/C33H21N/c1-3-9-24-19(6-1)16-21-12-14-25-27(30(21)24)18-22-13-15-29-32(31(22)25)26-10-5-8-23-17-20-7-2-4-11-28(20)34(29)33(23)26/h1-15H,16-18H2. The Morgan fingerprint density at radius 3 is 2.24 bits per heavy atom. The Hall–Kier alpha value is -4.10. The number of nitrogens with zero attached hydrogens (tertiary/aromatic N) is 1. The quantitative estimate of drug-likeness (QED) is 0.231. The summed E-state index contributed by atoms with van der Waals surface area (Å²) >= 11 is 0. The SMILES string of the molecule is c1ccc2c(c1)Cc1ccc3c(c1-2)Cc1ccc2c(c1-3)c1cccc3c1n2-c1ccccc1C3. The Morgan fingerprint density at radius 2 is 1.26 bits per heavy atom. The maximum absolute atomic E-state index is 2.53. The zero-order chi connectivity index (χ0) is 22.0. The molecule has 0 saturated carbocycles. The summed E-state index contributed by atoms with van der Waals surface area (Å²) in [5.41, 5.74) is 18.7. The molecule has 0 bridgehead atoms. The van der Waals surface area contributed by atoms with Crippen LogP contribution >= 0.6 is 0 Å². The lowest BCUT2D eigenvalue weighted by molar-refractivity contribution is 1.04. The summed E-state index contributed by atoms with van der Waals surface area (Å²) in [6, 6.07) is 34.4. The van der Waals surface area contributed by atoms with E-state index in [0.29, 0.717) is 0 Å². The summed E-state index contributed by atoms with van der Waals surface area (Å²) in [6.45, 7) is 0. The third kappa shape index (κ3) is 1.94. The molecule has 0 N–H and O–H groups in total. The van der Waals surface area contributed by atoms with E-state index in [9.17, 15) is 0 Å². The molecule has 0 spiro atoms. The third-order valence-electron chi connectivity index (χ3n) is 8.44. The van der Waals surface area contributed by atoms with Crippen molar-refractivity contribution in [2.45, 2.75) is 19.3 Å². The summed E-state index contributed by atoms with van der Waals surface area (Å²) in [5, 5.41) is 2.82. The molecule has 0 saturated heterocycles. The largest absolute Gasteiger partial charge is 0.309 e. The average Bonchev–Trinajstić information content (AvgIpc) is 3.54. The van der Waals surface area contributed by atoms with Crippen molar-refractivity contribution in [3.63, 3.8) is 0 Å². The molecule has 1 heteroatoms. The van der Waals surface area contributed by atoms with Crippen LogP contribution in [0.4, 0.5) is 0 Å². The van der Waals surface area contributed by atoms with Crippen molar-refractivity contribution in [2.75, 3.05) is 0 Å². The third-order valence-corrected chi connectivity index (χ3v) is 8.44. The van der Waals surface area contributed by atoms with Crippen LogP contribution in [0.15, 0.2) is 91.0 Å². The molecular formula is C33H21N.